The van der Waals surface area contributed by atoms with Gasteiger partial charge in [0, 0.05) is 13.1 Å². The number of piperidine rings is 1. The van der Waals surface area contributed by atoms with Crippen LogP contribution >= 0.6 is 0 Å². The summed E-state index contributed by atoms with van der Waals surface area (Å²) in [5, 5.41) is 0. The van der Waals surface area contributed by atoms with Crippen molar-refractivity contribution in [1.29, 1.82) is 0 Å². The third-order valence-corrected chi connectivity index (χ3v) is 3.36. The molecule has 0 N–H and O–H groups in total. The van der Waals surface area contributed by atoms with E-state index in [1.807, 2.05) is 36.1 Å². The van der Waals surface area contributed by atoms with Crippen LogP contribution in [0.1, 0.15) is 37.0 Å². The van der Waals surface area contributed by atoms with E-state index in [2.05, 4.69) is 6.92 Å². The molecule has 98 valence electrons. The van der Waals surface area contributed by atoms with Crippen molar-refractivity contribution >= 4 is 5.91 Å². The van der Waals surface area contributed by atoms with E-state index in [0.29, 0.717) is 23.8 Å². The van der Waals surface area contributed by atoms with Crippen LogP contribution in [0.2, 0.25) is 0 Å². The maximum absolute atomic E-state index is 12.5. The Hall–Kier alpha value is -1.51. The molecule has 0 saturated carbocycles. The van der Waals surface area contributed by atoms with Gasteiger partial charge in [0.25, 0.3) is 5.91 Å². The maximum atomic E-state index is 12.5. The second kappa shape index (κ2) is 5.89. The summed E-state index contributed by atoms with van der Waals surface area (Å²) in [6, 6.07) is 7.51. The molecule has 0 spiro atoms. The first kappa shape index (κ1) is 12.9. The smallest absolute Gasteiger partial charge is 0.257 e. The Morgan fingerprint density at radius 1 is 1.44 bits per heavy atom. The zero-order chi connectivity index (χ0) is 13.0. The Labute approximate surface area is 109 Å². The van der Waals surface area contributed by atoms with Crippen LogP contribution in [0.15, 0.2) is 24.3 Å². The molecule has 3 nitrogen and oxygen atoms in total. The highest BCUT2D eigenvalue weighted by atomic mass is 16.5. The van der Waals surface area contributed by atoms with Crippen LogP contribution in [0.4, 0.5) is 0 Å². The fraction of sp³-hybridized carbons (Fsp3) is 0.533. The molecule has 0 radical (unpaired) electrons. The molecule has 1 atom stereocenters. The van der Waals surface area contributed by atoms with E-state index in [1.165, 1.54) is 6.42 Å². The average Bonchev–Trinajstić information content (AvgIpc) is 2.39. The van der Waals surface area contributed by atoms with Crippen molar-refractivity contribution in [2.24, 2.45) is 5.92 Å². The first-order chi connectivity index (χ1) is 8.72. The SMILES string of the molecule is CCOc1ccccc1C(=O)N1CCC[C@@H](C)C1. The number of amides is 1. The van der Waals surface area contributed by atoms with Gasteiger partial charge >= 0.3 is 0 Å². The lowest BCUT2D eigenvalue weighted by atomic mass is 9.99. The number of rotatable bonds is 3. The summed E-state index contributed by atoms with van der Waals surface area (Å²) in [6.07, 6.45) is 2.32. The van der Waals surface area contributed by atoms with Crippen molar-refractivity contribution in [1.82, 2.24) is 4.90 Å². The van der Waals surface area contributed by atoms with Crippen molar-refractivity contribution in [3.05, 3.63) is 29.8 Å². The van der Waals surface area contributed by atoms with Gasteiger partial charge in [0.1, 0.15) is 5.75 Å². The zero-order valence-electron chi connectivity index (χ0n) is 11.2. The lowest BCUT2D eigenvalue weighted by Crippen LogP contribution is -2.39. The molecule has 1 heterocycles. The van der Waals surface area contributed by atoms with Gasteiger partial charge in [0.15, 0.2) is 0 Å². The van der Waals surface area contributed by atoms with Gasteiger partial charge < -0.3 is 9.64 Å². The Kier molecular flexibility index (Phi) is 4.24. The summed E-state index contributed by atoms with van der Waals surface area (Å²) in [6.45, 7) is 6.45. The van der Waals surface area contributed by atoms with Gasteiger partial charge in [-0.15, -0.1) is 0 Å². The van der Waals surface area contributed by atoms with Crippen molar-refractivity contribution in [3.8, 4) is 5.75 Å². The van der Waals surface area contributed by atoms with Crippen molar-refractivity contribution in [2.45, 2.75) is 26.7 Å². The topological polar surface area (TPSA) is 29.5 Å². The van der Waals surface area contributed by atoms with Crippen LogP contribution in [0.25, 0.3) is 0 Å². The number of hydrogen-bond acceptors (Lipinski definition) is 2. The normalized spacial score (nSPS) is 19.7. The largest absolute Gasteiger partial charge is 0.493 e. The molecule has 0 bridgehead atoms. The van der Waals surface area contributed by atoms with E-state index in [9.17, 15) is 4.79 Å². The molecule has 2 rings (SSSR count). The molecule has 1 amide bonds. The predicted octanol–water partition coefficient (Wildman–Crippen LogP) is 2.96. The molecule has 1 saturated heterocycles. The molecule has 1 aliphatic heterocycles. The highest BCUT2D eigenvalue weighted by Gasteiger charge is 2.23. The first-order valence-corrected chi connectivity index (χ1v) is 6.73. The highest BCUT2D eigenvalue weighted by Crippen LogP contribution is 2.23. The molecule has 0 aliphatic carbocycles. The van der Waals surface area contributed by atoms with Gasteiger partial charge in [0.05, 0.1) is 12.2 Å². The predicted molar refractivity (Wildman–Crippen MR) is 71.9 cm³/mol. The standard InChI is InChI=1S/C15H21NO2/c1-3-18-14-9-5-4-8-13(14)15(17)16-10-6-7-12(2)11-16/h4-5,8-9,12H,3,6-7,10-11H2,1-2H3/t12-/m1/s1. The molecule has 18 heavy (non-hydrogen) atoms. The van der Waals surface area contributed by atoms with Gasteiger partial charge in [-0.05, 0) is 37.8 Å². The quantitative estimate of drug-likeness (QED) is 0.822. The molecule has 1 aromatic carbocycles. The monoisotopic (exact) mass is 247 g/mol. The van der Waals surface area contributed by atoms with Gasteiger partial charge in [-0.25, -0.2) is 0 Å². The lowest BCUT2D eigenvalue weighted by Gasteiger charge is -2.31. The molecule has 1 aliphatic rings. The number of nitrogens with zero attached hydrogens (tertiary/aromatic N) is 1. The maximum Gasteiger partial charge on any atom is 0.257 e. The number of hydrogen-bond donors (Lipinski definition) is 0. The summed E-state index contributed by atoms with van der Waals surface area (Å²) in [7, 11) is 0. The molecule has 0 unspecified atom stereocenters. The average molecular weight is 247 g/mol. The van der Waals surface area contributed by atoms with Crippen molar-refractivity contribution in [3.63, 3.8) is 0 Å². The van der Waals surface area contributed by atoms with Crippen molar-refractivity contribution < 1.29 is 9.53 Å². The molecule has 1 aromatic rings. The van der Waals surface area contributed by atoms with E-state index in [0.717, 1.165) is 19.5 Å². The minimum Gasteiger partial charge on any atom is -0.493 e. The Morgan fingerprint density at radius 2 is 2.22 bits per heavy atom. The van der Waals surface area contributed by atoms with Crippen molar-refractivity contribution in [2.75, 3.05) is 19.7 Å². The number of likely N-dealkylation sites (tertiary alicyclic amines) is 1. The minimum absolute atomic E-state index is 0.102. The summed E-state index contributed by atoms with van der Waals surface area (Å²) >= 11 is 0. The summed E-state index contributed by atoms with van der Waals surface area (Å²) < 4.78 is 5.53. The Morgan fingerprint density at radius 3 is 2.94 bits per heavy atom. The van der Waals surface area contributed by atoms with Gasteiger partial charge in [0.2, 0.25) is 0 Å². The fourth-order valence-corrected chi connectivity index (χ4v) is 2.47. The summed E-state index contributed by atoms with van der Waals surface area (Å²) in [5.41, 5.74) is 0.688. The van der Waals surface area contributed by atoms with Crippen LogP contribution in [0.5, 0.6) is 5.75 Å². The third-order valence-electron chi connectivity index (χ3n) is 3.36. The molecule has 0 aromatic heterocycles. The summed E-state index contributed by atoms with van der Waals surface area (Å²) in [4.78, 5) is 14.4. The van der Waals surface area contributed by atoms with Crippen LogP contribution in [-0.4, -0.2) is 30.5 Å². The number of ether oxygens (including phenoxy) is 1. The van der Waals surface area contributed by atoms with Gasteiger partial charge in [-0.1, -0.05) is 19.1 Å². The molecule has 3 heteroatoms. The number of para-hydroxylation sites is 1. The first-order valence-electron chi connectivity index (χ1n) is 6.73. The number of carbonyl (C=O) groups excluding carboxylic acids is 1. The van der Waals surface area contributed by atoms with E-state index >= 15 is 0 Å². The van der Waals surface area contributed by atoms with E-state index in [-0.39, 0.29) is 5.91 Å². The van der Waals surface area contributed by atoms with E-state index < -0.39 is 0 Å². The summed E-state index contributed by atoms with van der Waals surface area (Å²) in [5.74, 6) is 1.40. The van der Waals surface area contributed by atoms with E-state index in [4.69, 9.17) is 4.74 Å². The Balaban J connectivity index is 2.17. The molecular weight excluding hydrogens is 226 g/mol. The number of benzene rings is 1. The van der Waals surface area contributed by atoms with E-state index in [1.54, 1.807) is 0 Å². The third kappa shape index (κ3) is 2.84. The highest BCUT2D eigenvalue weighted by molar-refractivity contribution is 5.97. The van der Waals surface area contributed by atoms with Crippen LogP contribution in [0, 0.1) is 5.92 Å². The zero-order valence-corrected chi connectivity index (χ0v) is 11.2. The molecule has 1 fully saturated rings. The van der Waals surface area contributed by atoms with Crippen LogP contribution < -0.4 is 4.74 Å². The minimum atomic E-state index is 0.102. The second-order valence-corrected chi connectivity index (χ2v) is 4.93. The van der Waals surface area contributed by atoms with Gasteiger partial charge in [-0.2, -0.15) is 0 Å². The van der Waals surface area contributed by atoms with Crippen LogP contribution in [-0.2, 0) is 0 Å². The molecular formula is C15H21NO2. The lowest BCUT2D eigenvalue weighted by molar-refractivity contribution is 0.0679. The Bertz CT molecular complexity index is 417. The fourth-order valence-electron chi connectivity index (χ4n) is 2.47. The second-order valence-electron chi connectivity index (χ2n) is 4.93. The number of carbonyl (C=O) groups is 1. The van der Waals surface area contributed by atoms with Gasteiger partial charge in [-0.3, -0.25) is 4.79 Å². The van der Waals surface area contributed by atoms with Crippen LogP contribution in [0.3, 0.4) is 0 Å².